The van der Waals surface area contributed by atoms with Crippen molar-refractivity contribution in [3.8, 4) is 0 Å². The lowest BCUT2D eigenvalue weighted by atomic mass is 10.2. The van der Waals surface area contributed by atoms with Crippen molar-refractivity contribution in [1.82, 2.24) is 15.0 Å². The fourth-order valence-electron chi connectivity index (χ4n) is 1.74. The van der Waals surface area contributed by atoms with Gasteiger partial charge in [-0.25, -0.2) is 9.97 Å². The Morgan fingerprint density at radius 2 is 2.13 bits per heavy atom. The Bertz CT molecular complexity index is 659. The van der Waals surface area contributed by atoms with Gasteiger partial charge in [-0.3, -0.25) is 0 Å². The summed E-state index contributed by atoms with van der Waals surface area (Å²) >= 11 is 3.48. The lowest BCUT2D eigenvalue weighted by Crippen LogP contribution is -1.91. The van der Waals surface area contributed by atoms with Crippen LogP contribution in [0.3, 0.4) is 0 Å². The van der Waals surface area contributed by atoms with E-state index in [4.69, 9.17) is 5.73 Å². The Morgan fingerprint density at radius 1 is 1.27 bits per heavy atom. The lowest BCUT2D eigenvalue weighted by Gasteiger charge is -1.94. The van der Waals surface area contributed by atoms with E-state index in [9.17, 15) is 0 Å². The molecule has 0 amide bonds. The highest BCUT2D eigenvalue weighted by molar-refractivity contribution is 9.10. The zero-order chi connectivity index (χ0) is 10.4. The first kappa shape index (κ1) is 8.67. The van der Waals surface area contributed by atoms with Gasteiger partial charge in [0.1, 0.15) is 17.8 Å². The average Bonchev–Trinajstić information content (AvgIpc) is 2.59. The minimum Gasteiger partial charge on any atom is -0.383 e. The summed E-state index contributed by atoms with van der Waals surface area (Å²) in [6, 6.07) is 5.94. The van der Waals surface area contributed by atoms with Crippen LogP contribution in [0.25, 0.3) is 21.9 Å². The number of nitrogen functional groups attached to an aromatic ring is 1. The van der Waals surface area contributed by atoms with Gasteiger partial charge in [-0.1, -0.05) is 12.1 Å². The molecule has 2 aromatic heterocycles. The molecular weight excluding hydrogens is 256 g/mol. The predicted molar refractivity (Wildman–Crippen MR) is 63.5 cm³/mol. The van der Waals surface area contributed by atoms with Crippen LogP contribution in [0.15, 0.2) is 29.0 Å². The molecule has 0 atom stereocenters. The number of aromatic amines is 1. The van der Waals surface area contributed by atoms with Gasteiger partial charge in [0.05, 0.1) is 10.9 Å². The van der Waals surface area contributed by atoms with Gasteiger partial charge in [-0.15, -0.1) is 0 Å². The summed E-state index contributed by atoms with van der Waals surface area (Å²) in [5.74, 6) is 0.504. The van der Waals surface area contributed by atoms with Crippen LogP contribution in [-0.4, -0.2) is 15.0 Å². The Balaban J connectivity index is 2.65. The maximum atomic E-state index is 5.83. The van der Waals surface area contributed by atoms with Crippen LogP contribution in [-0.2, 0) is 0 Å². The predicted octanol–water partition coefficient (Wildman–Crippen LogP) is 2.46. The van der Waals surface area contributed by atoms with Gasteiger partial charge in [0.2, 0.25) is 0 Å². The molecule has 3 N–H and O–H groups in total. The number of hydrogen-bond donors (Lipinski definition) is 2. The topological polar surface area (TPSA) is 67.6 Å². The third-order valence-corrected chi connectivity index (χ3v) is 3.06. The van der Waals surface area contributed by atoms with Crippen LogP contribution in [0.2, 0.25) is 0 Å². The van der Waals surface area contributed by atoms with Gasteiger partial charge in [-0.05, 0) is 22.0 Å². The summed E-state index contributed by atoms with van der Waals surface area (Å²) in [5.41, 5.74) is 7.60. The maximum absolute atomic E-state index is 5.83. The molecule has 0 fully saturated rings. The maximum Gasteiger partial charge on any atom is 0.143 e. The molecule has 0 aliphatic rings. The molecule has 74 valence electrons. The Kier molecular flexibility index (Phi) is 1.70. The van der Waals surface area contributed by atoms with Crippen molar-refractivity contribution >= 4 is 43.7 Å². The molecule has 0 saturated heterocycles. The second-order valence-electron chi connectivity index (χ2n) is 3.27. The number of halogens is 1. The first-order chi connectivity index (χ1) is 7.27. The SMILES string of the molecule is Nc1ncnc2[nH]c3c(Br)cccc3c12. The second-order valence-corrected chi connectivity index (χ2v) is 4.12. The highest BCUT2D eigenvalue weighted by atomic mass is 79.9. The van der Waals surface area contributed by atoms with Crippen LogP contribution in [0, 0.1) is 0 Å². The standard InChI is InChI=1S/C10H7BrN4/c11-6-3-1-2-5-7-9(12)13-4-14-10(7)15-8(5)6/h1-4H,(H3,12,13,14,15). The summed E-state index contributed by atoms with van der Waals surface area (Å²) in [7, 11) is 0. The lowest BCUT2D eigenvalue weighted by molar-refractivity contribution is 1.21. The molecule has 0 saturated carbocycles. The number of fused-ring (bicyclic) bond motifs is 3. The zero-order valence-electron chi connectivity index (χ0n) is 7.66. The number of rotatable bonds is 0. The Labute approximate surface area is 93.7 Å². The highest BCUT2D eigenvalue weighted by Crippen LogP contribution is 2.31. The number of para-hydroxylation sites is 1. The van der Waals surface area contributed by atoms with Gasteiger partial charge >= 0.3 is 0 Å². The van der Waals surface area contributed by atoms with E-state index in [1.165, 1.54) is 6.33 Å². The zero-order valence-corrected chi connectivity index (χ0v) is 9.25. The van der Waals surface area contributed by atoms with E-state index in [0.717, 1.165) is 26.4 Å². The largest absolute Gasteiger partial charge is 0.383 e. The molecular formula is C10H7BrN4. The average molecular weight is 263 g/mol. The second kappa shape index (κ2) is 2.93. The number of anilines is 1. The van der Waals surface area contributed by atoms with E-state index in [0.29, 0.717) is 5.82 Å². The molecule has 15 heavy (non-hydrogen) atoms. The van der Waals surface area contributed by atoms with Crippen molar-refractivity contribution in [2.24, 2.45) is 0 Å². The fourth-order valence-corrected chi connectivity index (χ4v) is 2.20. The molecule has 2 heterocycles. The molecule has 5 heteroatoms. The molecule has 1 aromatic carbocycles. The van der Waals surface area contributed by atoms with E-state index < -0.39 is 0 Å². The number of aromatic nitrogens is 3. The molecule has 4 nitrogen and oxygen atoms in total. The van der Waals surface area contributed by atoms with Crippen LogP contribution < -0.4 is 5.73 Å². The number of nitrogens with two attached hydrogens (primary N) is 1. The first-order valence-corrected chi connectivity index (χ1v) is 5.23. The molecule has 0 aliphatic heterocycles. The number of H-pyrrole nitrogens is 1. The Morgan fingerprint density at radius 3 is 3.00 bits per heavy atom. The quantitative estimate of drug-likeness (QED) is 0.654. The van der Waals surface area contributed by atoms with Crippen LogP contribution >= 0.6 is 15.9 Å². The summed E-state index contributed by atoms with van der Waals surface area (Å²) in [4.78, 5) is 11.4. The summed E-state index contributed by atoms with van der Waals surface area (Å²) in [5, 5.41) is 1.92. The van der Waals surface area contributed by atoms with Crippen molar-refractivity contribution in [2.75, 3.05) is 5.73 Å². The summed E-state index contributed by atoms with van der Waals surface area (Å²) in [6.45, 7) is 0. The van der Waals surface area contributed by atoms with E-state index in [1.54, 1.807) is 0 Å². The summed E-state index contributed by atoms with van der Waals surface area (Å²) < 4.78 is 0.998. The molecule has 0 radical (unpaired) electrons. The minimum absolute atomic E-state index is 0.504. The van der Waals surface area contributed by atoms with Crippen molar-refractivity contribution in [1.29, 1.82) is 0 Å². The third kappa shape index (κ3) is 1.13. The van der Waals surface area contributed by atoms with Gasteiger partial charge in [0, 0.05) is 9.86 Å². The van der Waals surface area contributed by atoms with Gasteiger partial charge in [0.15, 0.2) is 0 Å². The van der Waals surface area contributed by atoms with Gasteiger partial charge < -0.3 is 10.7 Å². The van der Waals surface area contributed by atoms with Crippen molar-refractivity contribution in [2.45, 2.75) is 0 Å². The monoisotopic (exact) mass is 262 g/mol. The highest BCUT2D eigenvalue weighted by Gasteiger charge is 2.10. The minimum atomic E-state index is 0.504. The number of hydrogen-bond acceptors (Lipinski definition) is 3. The number of nitrogens with one attached hydrogen (secondary N) is 1. The number of nitrogens with zero attached hydrogens (tertiary/aromatic N) is 2. The fraction of sp³-hybridized carbons (Fsp3) is 0. The van der Waals surface area contributed by atoms with Gasteiger partial charge in [-0.2, -0.15) is 0 Å². The molecule has 0 unspecified atom stereocenters. The molecule has 0 bridgehead atoms. The normalized spacial score (nSPS) is 11.3. The van der Waals surface area contributed by atoms with Crippen molar-refractivity contribution in [3.63, 3.8) is 0 Å². The number of benzene rings is 1. The summed E-state index contributed by atoms with van der Waals surface area (Å²) in [6.07, 6.45) is 1.46. The first-order valence-electron chi connectivity index (χ1n) is 4.44. The molecule has 0 aliphatic carbocycles. The smallest absolute Gasteiger partial charge is 0.143 e. The van der Waals surface area contributed by atoms with Crippen LogP contribution in [0.5, 0.6) is 0 Å². The third-order valence-electron chi connectivity index (χ3n) is 2.40. The van der Waals surface area contributed by atoms with E-state index in [2.05, 4.69) is 30.9 Å². The van der Waals surface area contributed by atoms with Crippen LogP contribution in [0.1, 0.15) is 0 Å². The van der Waals surface area contributed by atoms with Crippen LogP contribution in [0.4, 0.5) is 5.82 Å². The van der Waals surface area contributed by atoms with Crippen molar-refractivity contribution in [3.05, 3.63) is 29.0 Å². The Hall–Kier alpha value is -1.62. The molecule has 0 spiro atoms. The molecule has 3 aromatic rings. The van der Waals surface area contributed by atoms with Gasteiger partial charge in [0.25, 0.3) is 0 Å². The van der Waals surface area contributed by atoms with E-state index in [-0.39, 0.29) is 0 Å². The molecule has 3 rings (SSSR count). The van der Waals surface area contributed by atoms with E-state index in [1.807, 2.05) is 18.2 Å². The van der Waals surface area contributed by atoms with Crippen molar-refractivity contribution < 1.29 is 0 Å². The van der Waals surface area contributed by atoms with E-state index >= 15 is 0 Å².